The highest BCUT2D eigenvalue weighted by Gasteiger charge is 2.03. The first kappa shape index (κ1) is 56.9. The Morgan fingerprint density at radius 2 is 0.656 bits per heavy atom. The van der Waals surface area contributed by atoms with Gasteiger partial charge in [0.05, 0.1) is 151 Å². The lowest BCUT2D eigenvalue weighted by molar-refractivity contribution is -0.145. The van der Waals surface area contributed by atoms with Crippen LogP contribution in [0.25, 0.3) is 0 Å². The molecule has 0 radical (unpaired) electrons. The minimum absolute atomic E-state index is 0.134. The maximum absolute atomic E-state index is 11.9. The predicted octanol–water partition coefficient (Wildman–Crippen LogP) is 6.85. The van der Waals surface area contributed by atoms with Crippen LogP contribution in [0.3, 0.4) is 0 Å². The average Bonchev–Trinajstić information content (AvgIpc) is 3.27. The van der Waals surface area contributed by atoms with Crippen molar-refractivity contribution in [3.8, 4) is 5.75 Å². The summed E-state index contributed by atoms with van der Waals surface area (Å²) in [5, 5.41) is 0. The summed E-state index contributed by atoms with van der Waals surface area (Å²) >= 11 is 0. The zero-order valence-corrected chi connectivity index (χ0v) is 38.0. The summed E-state index contributed by atoms with van der Waals surface area (Å²) in [6.45, 7) is 13.6. The topological polar surface area (TPSA) is 163 Å². The average molecular weight is 876 g/mol. The summed E-state index contributed by atoms with van der Waals surface area (Å²) in [6, 6.07) is 7.38. The van der Waals surface area contributed by atoms with Crippen molar-refractivity contribution in [2.45, 2.75) is 96.8 Å². The fourth-order valence-corrected chi connectivity index (χ4v) is 5.70. The summed E-state index contributed by atoms with van der Waals surface area (Å²) in [5.41, 5.74) is 6.45. The third kappa shape index (κ3) is 44.3. The molecule has 61 heavy (non-hydrogen) atoms. The Labute approximate surface area is 368 Å². The van der Waals surface area contributed by atoms with Crippen molar-refractivity contribution in [1.29, 1.82) is 0 Å². The van der Waals surface area contributed by atoms with Gasteiger partial charge in [-0.2, -0.15) is 0 Å². The number of nitrogen functional groups attached to an aromatic ring is 1. The Morgan fingerprint density at radius 1 is 0.377 bits per heavy atom. The molecule has 358 valence electrons. The number of para-hydroxylation sites is 2. The highest BCUT2D eigenvalue weighted by molar-refractivity contribution is 5.69. The van der Waals surface area contributed by atoms with Crippen LogP contribution in [-0.2, 0) is 61.6 Å². The van der Waals surface area contributed by atoms with E-state index in [9.17, 15) is 4.79 Å². The van der Waals surface area contributed by atoms with Crippen LogP contribution in [0.2, 0.25) is 0 Å². The number of benzene rings is 1. The Morgan fingerprint density at radius 3 is 0.984 bits per heavy atom. The molecule has 2 N–H and O–H groups in total. The minimum Gasteiger partial charge on any atom is -0.489 e. The van der Waals surface area contributed by atoms with Gasteiger partial charge in [-0.1, -0.05) is 96.1 Å². The van der Waals surface area contributed by atoms with Crippen LogP contribution in [0.4, 0.5) is 5.69 Å². The van der Waals surface area contributed by atoms with Gasteiger partial charge in [0.2, 0.25) is 0 Å². The van der Waals surface area contributed by atoms with Crippen LogP contribution in [0.5, 0.6) is 5.75 Å². The van der Waals surface area contributed by atoms with E-state index in [0.29, 0.717) is 170 Å². The number of ether oxygens (including phenoxy) is 13. The molecule has 0 saturated carbocycles. The molecule has 15 nitrogen and oxygen atoms in total. The number of hydrogen-bond donors (Lipinski definition) is 1. The van der Waals surface area contributed by atoms with Crippen molar-refractivity contribution in [2.24, 2.45) is 0 Å². The van der Waals surface area contributed by atoms with Gasteiger partial charge in [0.1, 0.15) is 19.0 Å². The molecule has 0 amide bonds. The molecule has 1 rings (SSSR count). The maximum atomic E-state index is 11.9. The molecule has 0 saturated heterocycles. The summed E-state index contributed by atoms with van der Waals surface area (Å²) in [4.78, 5) is 11.9. The second kappa shape index (κ2) is 48.9. The number of anilines is 1. The molecule has 1 aromatic rings. The van der Waals surface area contributed by atoms with E-state index in [4.69, 9.17) is 67.3 Å². The highest BCUT2D eigenvalue weighted by atomic mass is 16.6. The number of nitrogens with two attached hydrogens (primary N) is 1. The summed E-state index contributed by atoms with van der Waals surface area (Å²) in [7, 11) is 0. The molecule has 0 aliphatic carbocycles. The number of rotatable bonds is 51. The van der Waals surface area contributed by atoms with E-state index in [1.165, 1.54) is 70.6 Å². The van der Waals surface area contributed by atoms with Crippen molar-refractivity contribution >= 4 is 11.7 Å². The van der Waals surface area contributed by atoms with Crippen molar-refractivity contribution in [2.75, 3.05) is 164 Å². The number of carbonyl (C=O) groups excluding carboxylic acids is 1. The summed E-state index contributed by atoms with van der Waals surface area (Å²) in [6.07, 6.45) is 17.3. The number of hydrogen-bond acceptors (Lipinski definition) is 15. The van der Waals surface area contributed by atoms with Gasteiger partial charge < -0.3 is 67.3 Å². The molecule has 0 aliphatic heterocycles. The third-order valence-electron chi connectivity index (χ3n) is 9.10. The van der Waals surface area contributed by atoms with E-state index >= 15 is 0 Å². The van der Waals surface area contributed by atoms with E-state index < -0.39 is 0 Å². The Hall–Kier alpha value is -2.15. The molecule has 0 heterocycles. The van der Waals surface area contributed by atoms with Gasteiger partial charge in [-0.3, -0.25) is 4.79 Å². The van der Waals surface area contributed by atoms with Gasteiger partial charge in [-0.05, 0) is 18.6 Å². The smallest absolute Gasteiger partial charge is 0.305 e. The molecule has 0 unspecified atom stereocenters. The van der Waals surface area contributed by atoms with Crippen LogP contribution < -0.4 is 10.5 Å². The molecule has 0 fully saturated rings. The molecule has 0 aliphatic rings. The van der Waals surface area contributed by atoms with E-state index in [-0.39, 0.29) is 12.6 Å². The van der Waals surface area contributed by atoms with Crippen molar-refractivity contribution in [1.82, 2.24) is 0 Å². The van der Waals surface area contributed by atoms with Crippen molar-refractivity contribution < 1.29 is 66.4 Å². The third-order valence-corrected chi connectivity index (χ3v) is 9.10. The first-order chi connectivity index (χ1) is 30.2. The van der Waals surface area contributed by atoms with Crippen LogP contribution in [0.1, 0.15) is 96.8 Å². The molecule has 1 aromatic carbocycles. The van der Waals surface area contributed by atoms with Gasteiger partial charge >= 0.3 is 5.97 Å². The maximum Gasteiger partial charge on any atom is 0.305 e. The molecular formula is C46H85NO14. The van der Waals surface area contributed by atoms with Gasteiger partial charge in [0.15, 0.2) is 0 Å². The second-order valence-corrected chi connectivity index (χ2v) is 14.3. The van der Waals surface area contributed by atoms with Crippen molar-refractivity contribution in [3.63, 3.8) is 0 Å². The lowest BCUT2D eigenvalue weighted by atomic mass is 10.0. The first-order valence-corrected chi connectivity index (χ1v) is 23.2. The zero-order chi connectivity index (χ0) is 43.6. The zero-order valence-electron chi connectivity index (χ0n) is 38.0. The number of unbranched alkanes of at least 4 members (excludes halogenated alkanes) is 12. The van der Waals surface area contributed by atoms with E-state index in [1.54, 1.807) is 6.07 Å². The predicted molar refractivity (Wildman–Crippen MR) is 237 cm³/mol. The largest absolute Gasteiger partial charge is 0.489 e. The Bertz CT molecular complexity index is 1030. The van der Waals surface area contributed by atoms with E-state index in [0.717, 1.165) is 12.8 Å². The number of carbonyl (C=O) groups is 1. The first-order valence-electron chi connectivity index (χ1n) is 23.2. The van der Waals surface area contributed by atoms with Crippen LogP contribution >= 0.6 is 0 Å². The monoisotopic (exact) mass is 876 g/mol. The van der Waals surface area contributed by atoms with Crippen LogP contribution in [-0.4, -0.2) is 165 Å². The lowest BCUT2D eigenvalue weighted by Crippen LogP contribution is -2.16. The van der Waals surface area contributed by atoms with Gasteiger partial charge in [-0.15, -0.1) is 0 Å². The van der Waals surface area contributed by atoms with E-state index in [1.807, 2.05) is 18.2 Å². The lowest BCUT2D eigenvalue weighted by Gasteiger charge is -2.10. The van der Waals surface area contributed by atoms with Crippen molar-refractivity contribution in [3.05, 3.63) is 24.3 Å². The minimum atomic E-state index is -0.134. The normalized spacial score (nSPS) is 11.4. The quantitative estimate of drug-likeness (QED) is 0.0410. The SMILES string of the molecule is CCCCCCCCCCCCCCCC(=O)OCCOCCOCCOCCOCCOCCOCCOCCOCCOCCOCCOCCOc1ccccc1N. The standard InChI is InChI=1S/C46H85NO14/c1-2-3-4-5-6-7-8-9-10-11-12-13-14-19-46(48)61-43-41-59-39-37-57-35-33-55-31-29-53-27-25-51-23-21-49-20-22-50-24-26-52-28-30-54-32-34-56-36-38-58-40-42-60-45-18-16-15-17-44(45)47/h15-18H,2-14,19-43,47H2,1H3. The number of esters is 1. The van der Waals surface area contributed by atoms with Crippen LogP contribution in [0.15, 0.2) is 24.3 Å². The molecule has 0 bridgehead atoms. The second-order valence-electron chi connectivity index (χ2n) is 14.3. The molecule has 0 atom stereocenters. The van der Waals surface area contributed by atoms with Crippen LogP contribution in [0, 0.1) is 0 Å². The molecule has 0 aromatic heterocycles. The molecule has 15 heteroatoms. The molecule has 0 spiro atoms. The highest BCUT2D eigenvalue weighted by Crippen LogP contribution is 2.19. The van der Waals surface area contributed by atoms with Gasteiger partial charge in [0, 0.05) is 6.42 Å². The fourth-order valence-electron chi connectivity index (χ4n) is 5.70. The Balaban J connectivity index is 1.63. The molecular weight excluding hydrogens is 790 g/mol. The summed E-state index contributed by atoms with van der Waals surface area (Å²) < 4.78 is 71.3. The summed E-state index contributed by atoms with van der Waals surface area (Å²) in [5.74, 6) is 0.532. The van der Waals surface area contributed by atoms with E-state index in [2.05, 4.69) is 6.92 Å². The van der Waals surface area contributed by atoms with Gasteiger partial charge in [-0.25, -0.2) is 0 Å². The van der Waals surface area contributed by atoms with Gasteiger partial charge in [0.25, 0.3) is 0 Å². The fraction of sp³-hybridized carbons (Fsp3) is 0.848. The Kier molecular flexibility index (Phi) is 45.6.